The number of rotatable bonds is 1. The van der Waals surface area contributed by atoms with Gasteiger partial charge >= 0.3 is 0 Å². The van der Waals surface area contributed by atoms with Crippen LogP contribution in [-0.4, -0.2) is 26.5 Å². The zero-order valence-electron chi connectivity index (χ0n) is 9.07. The van der Waals surface area contributed by atoms with Crippen LogP contribution in [0, 0.1) is 0 Å². The van der Waals surface area contributed by atoms with Gasteiger partial charge in [-0.2, -0.15) is 0 Å². The van der Waals surface area contributed by atoms with E-state index in [1.807, 2.05) is 18.2 Å². The maximum absolute atomic E-state index is 5.65. The summed E-state index contributed by atoms with van der Waals surface area (Å²) in [6, 6.07) is 6.04. The van der Waals surface area contributed by atoms with Crippen molar-refractivity contribution in [3.05, 3.63) is 23.8 Å². The van der Waals surface area contributed by atoms with Crippen molar-refractivity contribution in [2.24, 2.45) is 0 Å². The largest absolute Gasteiger partial charge is 0.490 e. The number of hydrogen-bond acceptors (Lipinski definition) is 4. The minimum Gasteiger partial charge on any atom is -0.490 e. The van der Waals surface area contributed by atoms with Crippen molar-refractivity contribution in [2.45, 2.75) is 12.5 Å². The van der Waals surface area contributed by atoms with Crippen molar-refractivity contribution in [3.63, 3.8) is 0 Å². The van der Waals surface area contributed by atoms with Crippen LogP contribution in [0.5, 0.6) is 11.5 Å². The van der Waals surface area contributed by atoms with Crippen LogP contribution in [-0.2, 0) is 4.74 Å². The van der Waals surface area contributed by atoms with Gasteiger partial charge in [-0.05, 0) is 17.7 Å². The number of nitrogens with one attached hydrogen (secondary N) is 1. The molecule has 3 rings (SSSR count). The highest BCUT2D eigenvalue weighted by Crippen LogP contribution is 2.33. The van der Waals surface area contributed by atoms with E-state index < -0.39 is 0 Å². The third-order valence-corrected chi connectivity index (χ3v) is 2.86. The second-order valence-electron chi connectivity index (χ2n) is 4.01. The van der Waals surface area contributed by atoms with Gasteiger partial charge in [0, 0.05) is 13.0 Å². The molecule has 4 nitrogen and oxygen atoms in total. The SMILES string of the molecule is c1cc2c(cc1C1CNCO1)OCCCO2. The van der Waals surface area contributed by atoms with Crippen molar-refractivity contribution in [3.8, 4) is 11.5 Å². The lowest BCUT2D eigenvalue weighted by Crippen LogP contribution is -2.08. The molecule has 0 amide bonds. The van der Waals surface area contributed by atoms with Crippen LogP contribution in [0.1, 0.15) is 18.1 Å². The number of benzene rings is 1. The van der Waals surface area contributed by atoms with Gasteiger partial charge in [-0.3, -0.25) is 5.32 Å². The van der Waals surface area contributed by atoms with Gasteiger partial charge in [0.15, 0.2) is 11.5 Å². The van der Waals surface area contributed by atoms with E-state index in [0.717, 1.165) is 43.2 Å². The smallest absolute Gasteiger partial charge is 0.161 e. The number of ether oxygens (including phenoxy) is 3. The average Bonchev–Trinajstić information content (AvgIpc) is 2.74. The molecule has 1 fully saturated rings. The molecule has 2 aliphatic rings. The summed E-state index contributed by atoms with van der Waals surface area (Å²) in [6.07, 6.45) is 1.07. The molecule has 86 valence electrons. The highest BCUT2D eigenvalue weighted by molar-refractivity contribution is 5.44. The zero-order chi connectivity index (χ0) is 10.8. The molecule has 1 N–H and O–H groups in total. The fraction of sp³-hybridized carbons (Fsp3) is 0.500. The summed E-state index contributed by atoms with van der Waals surface area (Å²) in [6.45, 7) is 2.94. The third-order valence-electron chi connectivity index (χ3n) is 2.86. The van der Waals surface area contributed by atoms with Crippen LogP contribution in [0.25, 0.3) is 0 Å². The monoisotopic (exact) mass is 221 g/mol. The highest BCUT2D eigenvalue weighted by atomic mass is 16.5. The van der Waals surface area contributed by atoms with Crippen molar-refractivity contribution < 1.29 is 14.2 Å². The Morgan fingerprint density at radius 1 is 1.12 bits per heavy atom. The fourth-order valence-corrected chi connectivity index (χ4v) is 2.00. The van der Waals surface area contributed by atoms with Crippen LogP contribution in [0.2, 0.25) is 0 Å². The first kappa shape index (κ1) is 9.93. The summed E-state index contributed by atoms with van der Waals surface area (Å²) >= 11 is 0. The minimum atomic E-state index is 0.136. The van der Waals surface area contributed by atoms with E-state index in [1.165, 1.54) is 0 Å². The Kier molecular flexibility index (Phi) is 2.68. The van der Waals surface area contributed by atoms with E-state index in [0.29, 0.717) is 6.73 Å². The Morgan fingerprint density at radius 3 is 2.81 bits per heavy atom. The molecule has 16 heavy (non-hydrogen) atoms. The van der Waals surface area contributed by atoms with Crippen LogP contribution in [0.15, 0.2) is 18.2 Å². The Labute approximate surface area is 94.5 Å². The van der Waals surface area contributed by atoms with Gasteiger partial charge in [0.25, 0.3) is 0 Å². The maximum atomic E-state index is 5.65. The lowest BCUT2D eigenvalue weighted by Gasteiger charge is -2.12. The van der Waals surface area contributed by atoms with Crippen LogP contribution >= 0.6 is 0 Å². The lowest BCUT2D eigenvalue weighted by atomic mass is 10.1. The zero-order valence-corrected chi connectivity index (χ0v) is 9.07. The Bertz CT molecular complexity index is 375. The van der Waals surface area contributed by atoms with E-state index >= 15 is 0 Å². The molecule has 0 saturated carbocycles. The molecule has 1 aromatic carbocycles. The molecule has 0 radical (unpaired) electrons. The summed E-state index contributed by atoms with van der Waals surface area (Å²) in [5.74, 6) is 1.68. The van der Waals surface area contributed by atoms with Gasteiger partial charge in [-0.1, -0.05) is 6.07 Å². The Morgan fingerprint density at radius 2 is 2.00 bits per heavy atom. The van der Waals surface area contributed by atoms with Crippen molar-refractivity contribution in [1.82, 2.24) is 5.32 Å². The van der Waals surface area contributed by atoms with E-state index in [2.05, 4.69) is 5.32 Å². The van der Waals surface area contributed by atoms with Crippen molar-refractivity contribution in [1.29, 1.82) is 0 Å². The predicted molar refractivity (Wildman–Crippen MR) is 58.7 cm³/mol. The first-order chi connectivity index (χ1) is 7.93. The summed E-state index contributed by atoms with van der Waals surface area (Å²) in [4.78, 5) is 0. The molecule has 4 heteroatoms. The topological polar surface area (TPSA) is 39.7 Å². The average molecular weight is 221 g/mol. The highest BCUT2D eigenvalue weighted by Gasteiger charge is 2.19. The number of hydrogen-bond donors (Lipinski definition) is 1. The van der Waals surface area contributed by atoms with Crippen molar-refractivity contribution >= 4 is 0 Å². The molecule has 2 heterocycles. The molecule has 1 unspecified atom stereocenters. The first-order valence-corrected chi connectivity index (χ1v) is 5.65. The molecule has 0 spiro atoms. The summed E-state index contributed by atoms with van der Waals surface area (Å²) < 4.78 is 16.8. The van der Waals surface area contributed by atoms with E-state index in [-0.39, 0.29) is 6.10 Å². The second-order valence-corrected chi connectivity index (χ2v) is 4.01. The van der Waals surface area contributed by atoms with E-state index in [4.69, 9.17) is 14.2 Å². The molecular formula is C12H15NO3. The predicted octanol–water partition coefficient (Wildman–Crippen LogP) is 1.47. The van der Waals surface area contributed by atoms with Crippen molar-refractivity contribution in [2.75, 3.05) is 26.5 Å². The Hall–Kier alpha value is -1.26. The quantitative estimate of drug-likeness (QED) is 0.779. The second kappa shape index (κ2) is 4.31. The van der Waals surface area contributed by atoms with Crippen LogP contribution in [0.4, 0.5) is 0 Å². The maximum Gasteiger partial charge on any atom is 0.161 e. The standard InChI is InChI=1S/C12H15NO3/c1-4-14-10-3-2-9(6-11(10)15-5-1)12-7-13-8-16-12/h2-3,6,12-13H,1,4-5,7-8H2. The normalized spacial score (nSPS) is 24.1. The van der Waals surface area contributed by atoms with Gasteiger partial charge in [-0.25, -0.2) is 0 Å². The molecule has 2 aliphatic heterocycles. The van der Waals surface area contributed by atoms with E-state index in [1.54, 1.807) is 0 Å². The summed E-state index contributed by atoms with van der Waals surface area (Å²) in [5.41, 5.74) is 1.15. The molecular weight excluding hydrogens is 206 g/mol. The first-order valence-electron chi connectivity index (χ1n) is 5.65. The number of fused-ring (bicyclic) bond motifs is 1. The molecule has 0 aliphatic carbocycles. The molecule has 1 atom stereocenters. The van der Waals surface area contributed by atoms with Gasteiger partial charge in [0.05, 0.1) is 26.0 Å². The molecule has 1 aromatic rings. The summed E-state index contributed by atoms with van der Waals surface area (Å²) in [7, 11) is 0. The minimum absolute atomic E-state index is 0.136. The van der Waals surface area contributed by atoms with Gasteiger partial charge in [-0.15, -0.1) is 0 Å². The molecule has 0 aromatic heterocycles. The third kappa shape index (κ3) is 1.86. The Balaban J connectivity index is 1.88. The fourth-order valence-electron chi connectivity index (χ4n) is 2.00. The van der Waals surface area contributed by atoms with Gasteiger partial charge < -0.3 is 14.2 Å². The van der Waals surface area contributed by atoms with Gasteiger partial charge in [0.1, 0.15) is 0 Å². The molecule has 1 saturated heterocycles. The van der Waals surface area contributed by atoms with Crippen LogP contribution < -0.4 is 14.8 Å². The van der Waals surface area contributed by atoms with Gasteiger partial charge in [0.2, 0.25) is 0 Å². The van der Waals surface area contributed by atoms with E-state index in [9.17, 15) is 0 Å². The summed E-state index contributed by atoms with van der Waals surface area (Å²) in [5, 5.41) is 3.17. The lowest BCUT2D eigenvalue weighted by molar-refractivity contribution is 0.114. The van der Waals surface area contributed by atoms with Crippen LogP contribution in [0.3, 0.4) is 0 Å². The molecule has 0 bridgehead atoms.